The fourth-order valence-electron chi connectivity index (χ4n) is 5.57. The number of nitrogen functional groups attached to an aromatic ring is 1. The van der Waals surface area contributed by atoms with Crippen LogP contribution in [0.5, 0.6) is 0 Å². The summed E-state index contributed by atoms with van der Waals surface area (Å²) in [5, 5.41) is 27.1. The quantitative estimate of drug-likeness (QED) is 0.257. The number of aliphatic hydroxyl groups is 2. The third-order valence-electron chi connectivity index (χ3n) is 7.74. The van der Waals surface area contributed by atoms with Gasteiger partial charge in [0.15, 0.2) is 17.7 Å². The first-order valence-corrected chi connectivity index (χ1v) is 13.7. The van der Waals surface area contributed by atoms with Gasteiger partial charge in [-0.1, -0.05) is 31.4 Å². The monoisotopic (exact) mass is 538 g/mol. The van der Waals surface area contributed by atoms with Crippen LogP contribution in [0.25, 0.3) is 11.2 Å². The van der Waals surface area contributed by atoms with Crippen molar-refractivity contribution < 1.29 is 19.7 Å². The van der Waals surface area contributed by atoms with Crippen LogP contribution in [0, 0.1) is 0 Å². The van der Waals surface area contributed by atoms with Crippen molar-refractivity contribution >= 4 is 28.7 Å². The molecule has 5 rings (SSSR count). The smallest absolute Gasteiger partial charge is 0.319 e. The van der Waals surface area contributed by atoms with Gasteiger partial charge in [-0.15, -0.1) is 0 Å². The van der Waals surface area contributed by atoms with E-state index >= 15 is 0 Å². The lowest BCUT2D eigenvalue weighted by Gasteiger charge is -2.23. The van der Waals surface area contributed by atoms with Gasteiger partial charge >= 0.3 is 6.03 Å². The van der Waals surface area contributed by atoms with Crippen molar-refractivity contribution in [3.05, 3.63) is 42.5 Å². The number of carbonyl (C=O) groups excluding carboxylic acids is 1. The highest BCUT2D eigenvalue weighted by molar-refractivity contribution is 5.89. The summed E-state index contributed by atoms with van der Waals surface area (Å²) in [5.41, 5.74) is 8.83. The van der Waals surface area contributed by atoms with Crippen LogP contribution in [0.2, 0.25) is 0 Å². The maximum Gasteiger partial charge on any atom is 0.319 e. The molecule has 12 heteroatoms. The number of aromatic nitrogens is 4. The number of rotatable bonds is 9. The minimum absolute atomic E-state index is 0.234. The lowest BCUT2D eigenvalue weighted by molar-refractivity contribution is -0.0421. The summed E-state index contributed by atoms with van der Waals surface area (Å²) < 4.78 is 7.57. The summed E-state index contributed by atoms with van der Waals surface area (Å²) in [6, 6.07) is 7.96. The summed E-state index contributed by atoms with van der Waals surface area (Å²) >= 11 is 0. The predicted molar refractivity (Wildman–Crippen MR) is 147 cm³/mol. The van der Waals surface area contributed by atoms with Crippen molar-refractivity contribution in [2.45, 2.75) is 69.0 Å². The van der Waals surface area contributed by atoms with Crippen LogP contribution in [-0.2, 0) is 4.74 Å². The van der Waals surface area contributed by atoms with E-state index in [-0.39, 0.29) is 11.8 Å². The van der Waals surface area contributed by atoms with Crippen LogP contribution in [0.4, 0.5) is 16.3 Å². The third-order valence-corrected chi connectivity index (χ3v) is 7.74. The lowest BCUT2D eigenvalue weighted by Crippen LogP contribution is -2.39. The Morgan fingerprint density at radius 1 is 1.13 bits per heavy atom. The summed E-state index contributed by atoms with van der Waals surface area (Å²) in [5.74, 6) is 0.876. The Morgan fingerprint density at radius 3 is 2.67 bits per heavy atom. The van der Waals surface area contributed by atoms with E-state index in [0.29, 0.717) is 43.1 Å². The molecule has 1 aliphatic heterocycles. The summed E-state index contributed by atoms with van der Waals surface area (Å²) in [6.07, 6.45) is 6.25. The molecule has 2 aliphatic rings. The zero-order chi connectivity index (χ0) is 27.4. The molecule has 1 aromatic carbocycles. The maximum absolute atomic E-state index is 12.3. The number of carbonyl (C=O) groups is 1. The normalized spacial score (nSPS) is 23.9. The zero-order valence-electron chi connectivity index (χ0n) is 22.2. The molecule has 3 aromatic rings. The average Bonchev–Trinajstić information content (AvgIpc) is 3.49. The van der Waals surface area contributed by atoms with Gasteiger partial charge in [-0.3, -0.25) is 4.57 Å². The van der Waals surface area contributed by atoms with Crippen LogP contribution in [0.1, 0.15) is 56.2 Å². The van der Waals surface area contributed by atoms with E-state index in [1.807, 2.05) is 24.1 Å². The van der Waals surface area contributed by atoms with Crippen LogP contribution >= 0.6 is 0 Å². The average molecular weight is 539 g/mol. The van der Waals surface area contributed by atoms with Gasteiger partial charge < -0.3 is 36.2 Å². The molecule has 3 heterocycles. The molecule has 210 valence electrons. The molecule has 39 heavy (non-hydrogen) atoms. The Bertz CT molecular complexity index is 1250. The first kappa shape index (κ1) is 27.3. The molecular formula is C27H38N8O4. The number of benzene rings is 1. The largest absolute Gasteiger partial charge is 0.387 e. The number of nitrogens with two attached hydrogens (primary N) is 1. The minimum Gasteiger partial charge on any atom is -0.387 e. The van der Waals surface area contributed by atoms with Crippen molar-refractivity contribution in [2.24, 2.45) is 0 Å². The Kier molecular flexibility index (Phi) is 8.56. The summed E-state index contributed by atoms with van der Waals surface area (Å²) in [7, 11) is 1.91. The number of nitrogens with zero attached hydrogens (tertiary/aromatic N) is 5. The highest BCUT2D eigenvalue weighted by Crippen LogP contribution is 2.33. The van der Waals surface area contributed by atoms with E-state index in [9.17, 15) is 15.0 Å². The number of hydrogen-bond donors (Lipinski definition) is 5. The molecule has 12 nitrogen and oxygen atoms in total. The molecular weight excluding hydrogens is 500 g/mol. The fourth-order valence-corrected chi connectivity index (χ4v) is 5.57. The third kappa shape index (κ3) is 6.30. The first-order valence-electron chi connectivity index (χ1n) is 13.7. The van der Waals surface area contributed by atoms with Crippen molar-refractivity contribution in [3.63, 3.8) is 0 Å². The number of aliphatic hydroxyl groups excluding tert-OH is 2. The van der Waals surface area contributed by atoms with Crippen molar-refractivity contribution in [1.82, 2.24) is 29.7 Å². The van der Waals surface area contributed by atoms with Gasteiger partial charge in [0.25, 0.3) is 0 Å². The van der Waals surface area contributed by atoms with Crippen molar-refractivity contribution in [3.8, 4) is 0 Å². The summed E-state index contributed by atoms with van der Waals surface area (Å²) in [6.45, 7) is 1.57. The van der Waals surface area contributed by atoms with Crippen LogP contribution in [-0.4, -0.2) is 85.7 Å². The predicted octanol–water partition coefficient (Wildman–Crippen LogP) is 2.22. The standard InChI is InChI=1S/C27H38N8O4/c1-34(13-5-12-29-27(38)33-19-10-8-18(9-11-19)17-6-3-2-4-7-17)14-20-22(36)23(37)26(39-20)35-16-32-21-24(28)30-15-31-25(21)35/h8-11,15-17,20,22-23,26,36-37H,2-7,12-14H2,1H3,(H2,28,30,31)(H2,29,33,38)/t20-,22-,23?,26-/m1/s1. The van der Waals surface area contributed by atoms with E-state index in [1.165, 1.54) is 50.3 Å². The molecule has 4 atom stereocenters. The zero-order valence-corrected chi connectivity index (χ0v) is 22.2. The Labute approximate surface area is 227 Å². The van der Waals surface area contributed by atoms with E-state index in [4.69, 9.17) is 10.5 Å². The second-order valence-electron chi connectivity index (χ2n) is 10.6. The number of likely N-dealkylation sites (N-methyl/N-ethyl adjacent to an activating group) is 1. The second kappa shape index (κ2) is 12.2. The second-order valence-corrected chi connectivity index (χ2v) is 10.6. The molecule has 1 saturated carbocycles. The number of amides is 2. The fraction of sp³-hybridized carbons (Fsp3) is 0.556. The van der Waals surface area contributed by atoms with E-state index < -0.39 is 24.5 Å². The molecule has 1 unspecified atom stereocenters. The lowest BCUT2D eigenvalue weighted by atomic mass is 9.84. The molecule has 2 fully saturated rings. The number of anilines is 2. The van der Waals surface area contributed by atoms with Gasteiger partial charge in [0, 0.05) is 18.8 Å². The van der Waals surface area contributed by atoms with Crippen LogP contribution < -0.4 is 16.4 Å². The van der Waals surface area contributed by atoms with Gasteiger partial charge in [-0.05, 0) is 56.5 Å². The molecule has 0 spiro atoms. The highest BCUT2D eigenvalue weighted by atomic mass is 16.6. The van der Waals surface area contributed by atoms with E-state index in [1.54, 1.807) is 4.57 Å². The van der Waals surface area contributed by atoms with E-state index in [0.717, 1.165) is 5.69 Å². The first-order chi connectivity index (χ1) is 18.9. The molecule has 0 radical (unpaired) electrons. The van der Waals surface area contributed by atoms with E-state index in [2.05, 4.69) is 37.7 Å². The van der Waals surface area contributed by atoms with Gasteiger partial charge in [0.05, 0.1) is 6.33 Å². The molecule has 2 amide bonds. The van der Waals surface area contributed by atoms with Crippen LogP contribution in [0.15, 0.2) is 36.9 Å². The Morgan fingerprint density at radius 2 is 1.90 bits per heavy atom. The maximum atomic E-state index is 12.3. The van der Waals surface area contributed by atoms with Gasteiger partial charge in [0.2, 0.25) is 0 Å². The Balaban J connectivity index is 1.04. The summed E-state index contributed by atoms with van der Waals surface area (Å²) in [4.78, 5) is 26.6. The van der Waals surface area contributed by atoms with Gasteiger partial charge in [-0.25, -0.2) is 19.7 Å². The van der Waals surface area contributed by atoms with Gasteiger partial charge in [0.1, 0.15) is 30.2 Å². The minimum atomic E-state index is -1.15. The topological polar surface area (TPSA) is 164 Å². The molecule has 1 aliphatic carbocycles. The van der Waals surface area contributed by atoms with Crippen LogP contribution in [0.3, 0.4) is 0 Å². The van der Waals surface area contributed by atoms with Crippen molar-refractivity contribution in [2.75, 3.05) is 37.7 Å². The number of nitrogens with one attached hydrogen (secondary N) is 2. The number of imidazole rings is 1. The number of fused-ring (bicyclic) bond motifs is 1. The number of ether oxygens (including phenoxy) is 1. The molecule has 1 saturated heterocycles. The Hall–Kier alpha value is -3.32. The highest BCUT2D eigenvalue weighted by Gasteiger charge is 2.44. The molecule has 0 bridgehead atoms. The van der Waals surface area contributed by atoms with Crippen molar-refractivity contribution in [1.29, 1.82) is 0 Å². The number of hydrogen-bond acceptors (Lipinski definition) is 9. The van der Waals surface area contributed by atoms with Gasteiger partial charge in [-0.2, -0.15) is 0 Å². The molecule has 6 N–H and O–H groups in total. The molecule has 2 aromatic heterocycles. The number of urea groups is 1. The SMILES string of the molecule is CN(CCCNC(=O)Nc1ccc(C2CCCCC2)cc1)C[C@H]1O[C@@H](n2cnc3c(N)ncnc32)C(O)[C@@H]1O.